The third kappa shape index (κ3) is 4.74. The van der Waals surface area contributed by atoms with Crippen LogP contribution in [0.4, 0.5) is 4.79 Å². The number of amides is 2. The smallest absolute Gasteiger partial charge is 0.315 e. The molecule has 5 nitrogen and oxygen atoms in total. The summed E-state index contributed by atoms with van der Waals surface area (Å²) in [6.45, 7) is 0.406. The van der Waals surface area contributed by atoms with Gasteiger partial charge in [-0.1, -0.05) is 23.7 Å². The van der Waals surface area contributed by atoms with Gasteiger partial charge in [-0.3, -0.25) is 0 Å². The number of urea groups is 1. The quantitative estimate of drug-likeness (QED) is 0.785. The van der Waals surface area contributed by atoms with E-state index in [1.165, 1.54) is 11.3 Å². The first kappa shape index (κ1) is 16.3. The number of nitrogens with one attached hydrogen (secondary N) is 2. The van der Waals surface area contributed by atoms with Gasteiger partial charge in [0.05, 0.1) is 22.5 Å². The van der Waals surface area contributed by atoms with E-state index < -0.39 is 6.10 Å². The third-order valence-electron chi connectivity index (χ3n) is 2.89. The molecule has 114 valence electrons. The number of nitrogens with zero attached hydrogens (tertiary/aromatic N) is 1. The molecular weight excluding hydrogens is 322 g/mol. The van der Waals surface area contributed by atoms with Crippen LogP contribution in [0.2, 0.25) is 4.34 Å². The summed E-state index contributed by atoms with van der Waals surface area (Å²) in [4.78, 5) is 12.4. The zero-order valence-corrected chi connectivity index (χ0v) is 13.1. The summed E-state index contributed by atoms with van der Waals surface area (Å²) >= 11 is 7.07. The number of hydrogen-bond acceptors (Lipinski definition) is 4. The molecule has 0 aliphatic carbocycles. The van der Waals surface area contributed by atoms with Gasteiger partial charge < -0.3 is 15.7 Å². The van der Waals surface area contributed by atoms with Crippen molar-refractivity contribution in [2.24, 2.45) is 0 Å². The number of hydrogen-bond donors (Lipinski definition) is 3. The standard InChI is InChI=1S/C15H14ClN3O2S/c16-14-5-4-13(22-14)12(20)9-19-15(21)18-8-11-3-1-2-10(6-11)7-17/h1-6,12,20H,8-9H2,(H2,18,19,21)/t12-/m0/s1. The van der Waals surface area contributed by atoms with Crippen LogP contribution in [0, 0.1) is 11.3 Å². The lowest BCUT2D eigenvalue weighted by molar-refractivity contribution is 0.176. The summed E-state index contributed by atoms with van der Waals surface area (Å²) in [6.07, 6.45) is -0.787. The molecule has 1 aromatic carbocycles. The predicted octanol–water partition coefficient (Wildman–Crippen LogP) is 2.81. The minimum atomic E-state index is -0.787. The summed E-state index contributed by atoms with van der Waals surface area (Å²) in [5.41, 5.74) is 1.38. The Morgan fingerprint density at radius 2 is 2.18 bits per heavy atom. The van der Waals surface area contributed by atoms with Crippen molar-refractivity contribution in [3.8, 4) is 6.07 Å². The summed E-state index contributed by atoms with van der Waals surface area (Å²) < 4.78 is 0.593. The highest BCUT2D eigenvalue weighted by Crippen LogP contribution is 2.26. The van der Waals surface area contributed by atoms with E-state index in [0.717, 1.165) is 5.56 Å². The second-order valence-electron chi connectivity index (χ2n) is 4.53. The molecule has 3 N–H and O–H groups in total. The average Bonchev–Trinajstić information content (AvgIpc) is 2.97. The molecule has 22 heavy (non-hydrogen) atoms. The lowest BCUT2D eigenvalue weighted by atomic mass is 10.1. The molecule has 0 fully saturated rings. The van der Waals surface area contributed by atoms with Crippen LogP contribution >= 0.6 is 22.9 Å². The van der Waals surface area contributed by atoms with E-state index in [-0.39, 0.29) is 12.6 Å². The molecule has 0 saturated heterocycles. The highest BCUT2D eigenvalue weighted by molar-refractivity contribution is 7.16. The highest BCUT2D eigenvalue weighted by atomic mass is 35.5. The van der Waals surface area contributed by atoms with Crippen molar-refractivity contribution in [3.63, 3.8) is 0 Å². The molecule has 0 spiro atoms. The number of halogens is 1. The topological polar surface area (TPSA) is 85.2 Å². The van der Waals surface area contributed by atoms with E-state index in [4.69, 9.17) is 16.9 Å². The fraction of sp³-hybridized carbons (Fsp3) is 0.200. The van der Waals surface area contributed by atoms with Crippen LogP contribution in [0.5, 0.6) is 0 Å². The van der Waals surface area contributed by atoms with E-state index in [2.05, 4.69) is 10.6 Å². The molecular formula is C15H14ClN3O2S. The highest BCUT2D eigenvalue weighted by Gasteiger charge is 2.11. The van der Waals surface area contributed by atoms with Crippen LogP contribution in [-0.4, -0.2) is 17.7 Å². The molecule has 0 saturated carbocycles. The maximum atomic E-state index is 11.7. The predicted molar refractivity (Wildman–Crippen MR) is 85.7 cm³/mol. The molecule has 0 unspecified atom stereocenters. The third-order valence-corrected chi connectivity index (χ3v) is 4.22. The first-order valence-electron chi connectivity index (χ1n) is 6.52. The van der Waals surface area contributed by atoms with E-state index in [1.54, 1.807) is 30.3 Å². The molecule has 2 amide bonds. The van der Waals surface area contributed by atoms with Gasteiger partial charge in [-0.15, -0.1) is 11.3 Å². The largest absolute Gasteiger partial charge is 0.386 e. The normalized spacial score (nSPS) is 11.5. The van der Waals surface area contributed by atoms with Crippen molar-refractivity contribution in [2.45, 2.75) is 12.6 Å². The van der Waals surface area contributed by atoms with Gasteiger partial charge >= 0.3 is 6.03 Å². The van der Waals surface area contributed by atoms with Crippen LogP contribution in [-0.2, 0) is 6.54 Å². The number of aliphatic hydroxyl groups is 1. The monoisotopic (exact) mass is 335 g/mol. The van der Waals surface area contributed by atoms with E-state index in [9.17, 15) is 9.90 Å². The molecule has 7 heteroatoms. The number of nitriles is 1. The van der Waals surface area contributed by atoms with Gasteiger partial charge in [-0.05, 0) is 29.8 Å². The van der Waals surface area contributed by atoms with Crippen molar-refractivity contribution in [1.29, 1.82) is 5.26 Å². The van der Waals surface area contributed by atoms with Crippen LogP contribution in [0.15, 0.2) is 36.4 Å². The zero-order chi connectivity index (χ0) is 15.9. The molecule has 0 aliphatic heterocycles. The Bertz CT molecular complexity index is 696. The Hall–Kier alpha value is -2.07. The van der Waals surface area contributed by atoms with Crippen LogP contribution in [0.1, 0.15) is 22.1 Å². The van der Waals surface area contributed by atoms with Crippen molar-refractivity contribution < 1.29 is 9.90 Å². The van der Waals surface area contributed by atoms with Gasteiger partial charge in [-0.25, -0.2) is 4.79 Å². The van der Waals surface area contributed by atoms with Gasteiger partial charge in [-0.2, -0.15) is 5.26 Å². The van der Waals surface area contributed by atoms with Crippen LogP contribution in [0.3, 0.4) is 0 Å². The van der Waals surface area contributed by atoms with Crippen molar-refractivity contribution in [2.75, 3.05) is 6.54 Å². The molecule has 1 atom stereocenters. The van der Waals surface area contributed by atoms with Gasteiger partial charge in [0.25, 0.3) is 0 Å². The Labute approximate surface area is 137 Å². The molecule has 1 heterocycles. The SMILES string of the molecule is N#Cc1cccc(CNC(=O)NC[C@H](O)c2ccc(Cl)s2)c1. The molecule has 1 aromatic heterocycles. The van der Waals surface area contributed by atoms with E-state index in [1.807, 2.05) is 12.1 Å². The second kappa shape index (κ2) is 7.80. The summed E-state index contributed by atoms with van der Waals surface area (Å²) in [5.74, 6) is 0. The van der Waals surface area contributed by atoms with Gasteiger partial charge in [0.15, 0.2) is 0 Å². The maximum Gasteiger partial charge on any atom is 0.315 e. The van der Waals surface area contributed by atoms with Gasteiger partial charge in [0, 0.05) is 11.4 Å². The average molecular weight is 336 g/mol. The van der Waals surface area contributed by atoms with E-state index in [0.29, 0.717) is 21.3 Å². The van der Waals surface area contributed by atoms with Crippen molar-refractivity contribution >= 4 is 29.0 Å². The Kier molecular flexibility index (Phi) is 5.78. The fourth-order valence-electron chi connectivity index (χ4n) is 1.79. The maximum absolute atomic E-state index is 11.7. The Morgan fingerprint density at radius 3 is 2.86 bits per heavy atom. The van der Waals surface area contributed by atoms with Crippen LogP contribution < -0.4 is 10.6 Å². The van der Waals surface area contributed by atoms with Crippen LogP contribution in [0.25, 0.3) is 0 Å². The summed E-state index contributed by atoms with van der Waals surface area (Å²) in [5, 5.41) is 24.0. The number of benzene rings is 1. The summed E-state index contributed by atoms with van der Waals surface area (Å²) in [7, 11) is 0. The van der Waals surface area contributed by atoms with Crippen molar-refractivity contribution in [1.82, 2.24) is 10.6 Å². The molecule has 2 rings (SSSR count). The number of aliphatic hydroxyl groups excluding tert-OH is 1. The lowest BCUT2D eigenvalue weighted by Gasteiger charge is -2.11. The van der Waals surface area contributed by atoms with Gasteiger partial charge in [0.2, 0.25) is 0 Å². The minimum Gasteiger partial charge on any atom is -0.386 e. The lowest BCUT2D eigenvalue weighted by Crippen LogP contribution is -2.37. The Morgan fingerprint density at radius 1 is 1.36 bits per heavy atom. The fourth-order valence-corrected chi connectivity index (χ4v) is 2.84. The summed E-state index contributed by atoms with van der Waals surface area (Å²) in [6, 6.07) is 12.1. The minimum absolute atomic E-state index is 0.0981. The van der Waals surface area contributed by atoms with Crippen molar-refractivity contribution in [3.05, 3.63) is 56.7 Å². The number of rotatable bonds is 5. The number of thiophene rings is 1. The first-order chi connectivity index (χ1) is 10.6. The molecule has 0 bridgehead atoms. The zero-order valence-electron chi connectivity index (χ0n) is 11.5. The number of carbonyl (C=O) groups is 1. The van der Waals surface area contributed by atoms with E-state index >= 15 is 0 Å². The molecule has 0 aliphatic rings. The molecule has 2 aromatic rings. The molecule has 0 radical (unpaired) electrons. The Balaban J connectivity index is 1.77. The van der Waals surface area contributed by atoms with Gasteiger partial charge in [0.1, 0.15) is 6.10 Å². The first-order valence-corrected chi connectivity index (χ1v) is 7.72. The second-order valence-corrected chi connectivity index (χ2v) is 6.28. The number of carbonyl (C=O) groups excluding carboxylic acids is 1.